The van der Waals surface area contributed by atoms with Gasteiger partial charge in [-0.25, -0.2) is 13.1 Å². The zero-order valence-corrected chi connectivity index (χ0v) is 17.5. The zero-order chi connectivity index (χ0) is 21.2. The molecule has 2 N–H and O–H groups in total. The van der Waals surface area contributed by atoms with E-state index in [1.165, 1.54) is 12.1 Å². The van der Waals surface area contributed by atoms with Crippen molar-refractivity contribution in [2.24, 2.45) is 0 Å². The summed E-state index contributed by atoms with van der Waals surface area (Å²) < 4.78 is 27.7. The predicted molar refractivity (Wildman–Crippen MR) is 112 cm³/mol. The number of sulfonamides is 1. The number of carbonyl (C=O) groups excluding carboxylic acids is 2. The van der Waals surface area contributed by atoms with E-state index in [0.717, 1.165) is 6.42 Å². The van der Waals surface area contributed by atoms with Crippen LogP contribution >= 0.6 is 0 Å². The minimum Gasteiger partial charge on any atom is -0.322 e. The number of nitrogens with one attached hydrogen (secondary N) is 2. The van der Waals surface area contributed by atoms with Crippen molar-refractivity contribution in [3.05, 3.63) is 54.1 Å². The van der Waals surface area contributed by atoms with E-state index in [2.05, 4.69) is 10.0 Å². The van der Waals surface area contributed by atoms with Crippen LogP contribution in [0.3, 0.4) is 0 Å². The summed E-state index contributed by atoms with van der Waals surface area (Å²) in [6, 6.07) is 13.0. The smallest absolute Gasteiger partial charge is 0.257 e. The maximum atomic E-state index is 12.9. The Bertz CT molecular complexity index is 1040. The molecule has 1 aliphatic rings. The fourth-order valence-corrected chi connectivity index (χ4v) is 4.67. The molecule has 0 radical (unpaired) electrons. The second kappa shape index (κ2) is 7.96. The molecule has 1 heterocycles. The van der Waals surface area contributed by atoms with Crippen LogP contribution in [0.5, 0.6) is 0 Å². The second-order valence-corrected chi connectivity index (χ2v) is 9.69. The fraction of sp³-hybridized carbons (Fsp3) is 0.333. The van der Waals surface area contributed by atoms with Gasteiger partial charge in [0.2, 0.25) is 15.9 Å². The topological polar surface area (TPSA) is 95.6 Å². The minimum atomic E-state index is -3.72. The van der Waals surface area contributed by atoms with E-state index in [4.69, 9.17) is 0 Å². The highest BCUT2D eigenvalue weighted by atomic mass is 32.2. The second-order valence-electron chi connectivity index (χ2n) is 8.00. The number of amides is 2. The van der Waals surface area contributed by atoms with E-state index < -0.39 is 21.5 Å². The van der Waals surface area contributed by atoms with Gasteiger partial charge < -0.3 is 10.2 Å². The lowest BCUT2D eigenvalue weighted by atomic mass is 10.1. The number of hydrogen-bond acceptors (Lipinski definition) is 4. The molecular formula is C21H25N3O4S. The average molecular weight is 416 g/mol. The lowest BCUT2D eigenvalue weighted by Crippen LogP contribution is -2.40. The summed E-state index contributed by atoms with van der Waals surface area (Å²) in [6.45, 7) is 5.85. The number of benzene rings is 2. The van der Waals surface area contributed by atoms with Crippen molar-refractivity contribution in [2.45, 2.75) is 44.0 Å². The van der Waals surface area contributed by atoms with Gasteiger partial charge in [-0.15, -0.1) is 0 Å². The molecule has 0 atom stereocenters. The normalized spacial score (nSPS) is 14.9. The SMILES string of the molecule is CC(C)(C)NS(=O)(=O)c1cccc(NC(=O)c2ccccc2N2CCCC2=O)c1. The number of rotatable bonds is 5. The van der Waals surface area contributed by atoms with Gasteiger partial charge in [0, 0.05) is 24.2 Å². The van der Waals surface area contributed by atoms with Crippen LogP contribution in [-0.2, 0) is 14.8 Å². The summed E-state index contributed by atoms with van der Waals surface area (Å²) in [4.78, 5) is 26.6. The molecule has 3 rings (SSSR count). The zero-order valence-electron chi connectivity index (χ0n) is 16.7. The Morgan fingerprint density at radius 1 is 1.07 bits per heavy atom. The number of carbonyl (C=O) groups is 2. The van der Waals surface area contributed by atoms with Crippen LogP contribution < -0.4 is 14.9 Å². The van der Waals surface area contributed by atoms with Crippen LogP contribution in [0.25, 0.3) is 0 Å². The van der Waals surface area contributed by atoms with Gasteiger partial charge >= 0.3 is 0 Å². The van der Waals surface area contributed by atoms with Crippen LogP contribution in [0, 0.1) is 0 Å². The van der Waals surface area contributed by atoms with Crippen molar-refractivity contribution >= 4 is 33.2 Å². The molecular weight excluding hydrogens is 390 g/mol. The summed E-state index contributed by atoms with van der Waals surface area (Å²) in [5.74, 6) is -0.412. The molecule has 0 saturated carbocycles. The van der Waals surface area contributed by atoms with Crippen molar-refractivity contribution in [1.82, 2.24) is 4.72 Å². The average Bonchev–Trinajstić information content (AvgIpc) is 3.06. The maximum Gasteiger partial charge on any atom is 0.257 e. The molecule has 0 unspecified atom stereocenters. The van der Waals surface area contributed by atoms with Gasteiger partial charge in [0.1, 0.15) is 0 Å². The molecule has 2 aromatic rings. The molecule has 0 spiro atoms. The molecule has 2 aromatic carbocycles. The summed E-state index contributed by atoms with van der Waals surface area (Å²) >= 11 is 0. The van der Waals surface area contributed by atoms with Crippen molar-refractivity contribution in [3.63, 3.8) is 0 Å². The lowest BCUT2D eigenvalue weighted by Gasteiger charge is -2.21. The van der Waals surface area contributed by atoms with E-state index in [0.29, 0.717) is 29.9 Å². The van der Waals surface area contributed by atoms with Gasteiger partial charge in [-0.1, -0.05) is 18.2 Å². The van der Waals surface area contributed by atoms with Crippen molar-refractivity contribution in [2.75, 3.05) is 16.8 Å². The van der Waals surface area contributed by atoms with E-state index in [1.54, 1.807) is 62.1 Å². The Kier molecular flexibility index (Phi) is 5.77. The van der Waals surface area contributed by atoms with Crippen LogP contribution in [0.1, 0.15) is 44.0 Å². The molecule has 1 aliphatic heterocycles. The van der Waals surface area contributed by atoms with Gasteiger partial charge in [0.05, 0.1) is 16.1 Å². The minimum absolute atomic E-state index is 0.00778. The Hall–Kier alpha value is -2.71. The summed E-state index contributed by atoms with van der Waals surface area (Å²) in [5, 5.41) is 2.74. The Morgan fingerprint density at radius 3 is 2.45 bits per heavy atom. The summed E-state index contributed by atoms with van der Waals surface area (Å²) in [5.41, 5.74) is 0.656. The first-order valence-electron chi connectivity index (χ1n) is 9.42. The van der Waals surface area contributed by atoms with Crippen molar-refractivity contribution in [1.29, 1.82) is 0 Å². The predicted octanol–water partition coefficient (Wildman–Crippen LogP) is 3.14. The number of anilines is 2. The maximum absolute atomic E-state index is 12.9. The van der Waals surface area contributed by atoms with Crippen LogP contribution in [0.15, 0.2) is 53.4 Å². The molecule has 1 saturated heterocycles. The quantitative estimate of drug-likeness (QED) is 0.784. The molecule has 0 aliphatic carbocycles. The van der Waals surface area contributed by atoms with Crippen LogP contribution in [-0.4, -0.2) is 32.3 Å². The summed E-state index contributed by atoms with van der Waals surface area (Å²) in [6.07, 6.45) is 1.23. The third kappa shape index (κ3) is 5.02. The molecule has 1 fully saturated rings. The first-order chi connectivity index (χ1) is 13.6. The molecule has 0 bridgehead atoms. The van der Waals surface area contributed by atoms with E-state index >= 15 is 0 Å². The Morgan fingerprint density at radius 2 is 1.79 bits per heavy atom. The van der Waals surface area contributed by atoms with E-state index in [-0.39, 0.29) is 10.8 Å². The van der Waals surface area contributed by atoms with Gasteiger partial charge in [-0.2, -0.15) is 0 Å². The van der Waals surface area contributed by atoms with Crippen molar-refractivity contribution in [3.8, 4) is 0 Å². The van der Waals surface area contributed by atoms with Gasteiger partial charge in [-0.3, -0.25) is 9.59 Å². The Labute approximate surface area is 171 Å². The summed E-state index contributed by atoms with van der Waals surface area (Å²) in [7, 11) is -3.72. The van der Waals surface area contributed by atoms with Crippen LogP contribution in [0.4, 0.5) is 11.4 Å². The highest BCUT2D eigenvalue weighted by Crippen LogP contribution is 2.26. The first-order valence-corrected chi connectivity index (χ1v) is 10.9. The third-order valence-corrected chi connectivity index (χ3v) is 6.11. The molecule has 29 heavy (non-hydrogen) atoms. The van der Waals surface area contributed by atoms with Gasteiger partial charge in [0.25, 0.3) is 5.91 Å². The molecule has 8 heteroatoms. The standard InChI is InChI=1S/C21H25N3O4S/c1-21(2,3)23-29(27,28)16-9-6-8-15(14-16)22-20(26)17-10-4-5-11-18(17)24-13-7-12-19(24)25/h4-6,8-11,14,23H,7,12-13H2,1-3H3,(H,22,26). The molecule has 0 aromatic heterocycles. The highest BCUT2D eigenvalue weighted by Gasteiger charge is 2.26. The highest BCUT2D eigenvalue weighted by molar-refractivity contribution is 7.89. The number of hydrogen-bond donors (Lipinski definition) is 2. The van der Waals surface area contributed by atoms with Gasteiger partial charge in [-0.05, 0) is 57.5 Å². The lowest BCUT2D eigenvalue weighted by molar-refractivity contribution is -0.117. The molecule has 2 amide bonds. The fourth-order valence-electron chi connectivity index (χ4n) is 3.21. The van der Waals surface area contributed by atoms with Gasteiger partial charge in [0.15, 0.2) is 0 Å². The molecule has 7 nitrogen and oxygen atoms in total. The molecule has 154 valence electrons. The first kappa shape index (κ1) is 21.0. The Balaban J connectivity index is 1.85. The number of nitrogens with zero attached hydrogens (tertiary/aromatic N) is 1. The van der Waals surface area contributed by atoms with E-state index in [9.17, 15) is 18.0 Å². The third-order valence-electron chi connectivity index (χ3n) is 4.36. The van der Waals surface area contributed by atoms with E-state index in [1.807, 2.05) is 0 Å². The van der Waals surface area contributed by atoms with Crippen LogP contribution in [0.2, 0.25) is 0 Å². The largest absolute Gasteiger partial charge is 0.322 e. The number of para-hydroxylation sites is 1. The van der Waals surface area contributed by atoms with Crippen molar-refractivity contribution < 1.29 is 18.0 Å². The monoisotopic (exact) mass is 415 g/mol.